The molecule has 4 nitrogen and oxygen atoms in total. The van der Waals surface area contributed by atoms with Gasteiger partial charge in [0.05, 0.1) is 5.02 Å². The van der Waals surface area contributed by atoms with Crippen molar-refractivity contribution in [1.29, 1.82) is 0 Å². The summed E-state index contributed by atoms with van der Waals surface area (Å²) in [6.45, 7) is 0.397. The molecule has 74 valence electrons. The van der Waals surface area contributed by atoms with Gasteiger partial charge in [-0.15, -0.1) is 5.10 Å². The number of aromatic nitrogens is 3. The zero-order valence-corrected chi connectivity index (χ0v) is 10.3. The first-order valence-electron chi connectivity index (χ1n) is 3.90. The Morgan fingerprint density at radius 1 is 1.64 bits per heavy atom. The molecule has 14 heavy (non-hydrogen) atoms. The maximum Gasteiger partial charge on any atom is 0.177 e. The molecule has 0 N–H and O–H groups in total. The van der Waals surface area contributed by atoms with E-state index in [4.69, 9.17) is 16.3 Å². The number of nitrogens with zero attached hydrogens (tertiary/aromatic N) is 3. The van der Waals surface area contributed by atoms with Gasteiger partial charge in [-0.25, -0.2) is 9.50 Å². The smallest absolute Gasteiger partial charge is 0.177 e. The second kappa shape index (κ2) is 4.00. The molecule has 0 atom stereocenters. The molecule has 0 aliphatic heterocycles. The fourth-order valence-electron chi connectivity index (χ4n) is 1.13. The van der Waals surface area contributed by atoms with Crippen molar-refractivity contribution in [2.45, 2.75) is 6.61 Å². The Kier molecular flexibility index (Phi) is 2.89. The van der Waals surface area contributed by atoms with Crippen LogP contribution >= 0.6 is 34.2 Å². The highest BCUT2D eigenvalue weighted by molar-refractivity contribution is 14.1. The molecule has 2 rings (SSSR count). The second-order valence-electron chi connectivity index (χ2n) is 2.71. The third-order valence-corrected chi connectivity index (χ3v) is 3.31. The van der Waals surface area contributed by atoms with Gasteiger partial charge in [0.15, 0.2) is 11.5 Å². The fourth-order valence-corrected chi connectivity index (χ4v) is 1.72. The average Bonchev–Trinajstić information content (AvgIpc) is 2.56. The van der Waals surface area contributed by atoms with E-state index in [0.29, 0.717) is 23.1 Å². The van der Waals surface area contributed by atoms with Gasteiger partial charge in [-0.2, -0.15) is 0 Å². The van der Waals surface area contributed by atoms with Gasteiger partial charge in [0.25, 0.3) is 0 Å². The molecule has 0 fully saturated rings. The van der Waals surface area contributed by atoms with E-state index >= 15 is 0 Å². The molecule has 0 aromatic carbocycles. The van der Waals surface area contributed by atoms with E-state index in [-0.39, 0.29) is 0 Å². The lowest BCUT2D eigenvalue weighted by atomic mass is 10.5. The molecule has 2 heterocycles. The minimum absolute atomic E-state index is 0.397. The molecule has 0 unspecified atom stereocenters. The summed E-state index contributed by atoms with van der Waals surface area (Å²) in [6.07, 6.45) is 1.83. The molecule has 0 spiro atoms. The van der Waals surface area contributed by atoms with Gasteiger partial charge in [-0.05, 0) is 28.7 Å². The maximum absolute atomic E-state index is 6.07. The molecule has 0 saturated carbocycles. The van der Waals surface area contributed by atoms with Crippen molar-refractivity contribution in [3.63, 3.8) is 0 Å². The van der Waals surface area contributed by atoms with Crippen LogP contribution in [0.15, 0.2) is 12.3 Å². The van der Waals surface area contributed by atoms with E-state index in [2.05, 4.69) is 32.7 Å². The number of hydrogen-bond donors (Lipinski definition) is 0. The summed E-state index contributed by atoms with van der Waals surface area (Å²) in [5.41, 5.74) is 0.672. The quantitative estimate of drug-likeness (QED) is 0.795. The summed E-state index contributed by atoms with van der Waals surface area (Å²) in [4.78, 5) is 4.25. The summed E-state index contributed by atoms with van der Waals surface area (Å²) in [5, 5.41) is 4.82. The molecule has 0 bridgehead atoms. The Bertz CT molecular complexity index is 471. The summed E-state index contributed by atoms with van der Waals surface area (Å²) >= 11 is 8.23. The van der Waals surface area contributed by atoms with E-state index < -0.39 is 0 Å². The Morgan fingerprint density at radius 3 is 3.14 bits per heavy atom. The summed E-state index contributed by atoms with van der Waals surface area (Å²) in [7, 11) is 1.61. The number of methoxy groups -OCH3 is 1. The number of ether oxygens (including phenoxy) is 1. The minimum Gasteiger partial charge on any atom is -0.377 e. The first kappa shape index (κ1) is 10.1. The standard InChI is InChI=1S/C8H7ClIN3O/c1-14-4-6-11-8-7(9)5(10)2-3-13(8)12-6/h2-3H,4H2,1H3. The van der Waals surface area contributed by atoms with Crippen LogP contribution in [0.5, 0.6) is 0 Å². The largest absolute Gasteiger partial charge is 0.377 e. The molecular formula is C8H7ClIN3O. The summed E-state index contributed by atoms with van der Waals surface area (Å²) in [6, 6.07) is 1.89. The first-order chi connectivity index (χ1) is 6.72. The molecule has 0 radical (unpaired) electrons. The lowest BCUT2D eigenvalue weighted by Crippen LogP contribution is -1.91. The third kappa shape index (κ3) is 1.71. The van der Waals surface area contributed by atoms with Crippen molar-refractivity contribution in [1.82, 2.24) is 14.6 Å². The van der Waals surface area contributed by atoms with Crippen LogP contribution in [0.25, 0.3) is 5.65 Å². The van der Waals surface area contributed by atoms with Crippen LogP contribution in [0.1, 0.15) is 5.82 Å². The van der Waals surface area contributed by atoms with Crippen LogP contribution in [0.3, 0.4) is 0 Å². The highest BCUT2D eigenvalue weighted by Gasteiger charge is 2.08. The van der Waals surface area contributed by atoms with Gasteiger partial charge in [0.2, 0.25) is 0 Å². The normalized spacial score (nSPS) is 11.1. The van der Waals surface area contributed by atoms with Crippen molar-refractivity contribution in [3.8, 4) is 0 Å². The lowest BCUT2D eigenvalue weighted by molar-refractivity contribution is 0.178. The summed E-state index contributed by atoms with van der Waals surface area (Å²) in [5.74, 6) is 0.636. The highest BCUT2D eigenvalue weighted by atomic mass is 127. The van der Waals surface area contributed by atoms with Crippen molar-refractivity contribution in [2.24, 2.45) is 0 Å². The molecule has 6 heteroatoms. The molecule has 0 saturated heterocycles. The van der Waals surface area contributed by atoms with Crippen molar-refractivity contribution in [3.05, 3.63) is 26.7 Å². The Balaban J connectivity index is 2.59. The lowest BCUT2D eigenvalue weighted by Gasteiger charge is -1.95. The Morgan fingerprint density at radius 2 is 2.43 bits per heavy atom. The van der Waals surface area contributed by atoms with Crippen LogP contribution in [-0.2, 0) is 11.3 Å². The van der Waals surface area contributed by atoms with E-state index in [1.165, 1.54) is 0 Å². The summed E-state index contributed by atoms with van der Waals surface area (Å²) < 4.78 is 7.56. The van der Waals surface area contributed by atoms with Crippen molar-refractivity contribution in [2.75, 3.05) is 7.11 Å². The number of pyridine rings is 1. The van der Waals surface area contributed by atoms with Gasteiger partial charge in [0.1, 0.15) is 6.61 Å². The van der Waals surface area contributed by atoms with Crippen LogP contribution < -0.4 is 0 Å². The number of rotatable bonds is 2. The third-order valence-electron chi connectivity index (χ3n) is 1.72. The van der Waals surface area contributed by atoms with Crippen LogP contribution in [0.4, 0.5) is 0 Å². The van der Waals surface area contributed by atoms with Gasteiger partial charge in [0, 0.05) is 16.9 Å². The van der Waals surface area contributed by atoms with E-state index in [9.17, 15) is 0 Å². The van der Waals surface area contributed by atoms with E-state index in [1.807, 2.05) is 12.3 Å². The zero-order valence-electron chi connectivity index (χ0n) is 7.37. The van der Waals surface area contributed by atoms with Crippen molar-refractivity contribution < 1.29 is 4.74 Å². The second-order valence-corrected chi connectivity index (χ2v) is 4.25. The first-order valence-corrected chi connectivity index (χ1v) is 5.36. The molecule has 0 aliphatic rings. The predicted molar refractivity (Wildman–Crippen MR) is 61.4 cm³/mol. The number of fused-ring (bicyclic) bond motifs is 1. The molecule has 0 aliphatic carbocycles. The van der Waals surface area contributed by atoms with Gasteiger partial charge in [-0.1, -0.05) is 11.6 Å². The highest BCUT2D eigenvalue weighted by Crippen LogP contribution is 2.22. The molecule has 2 aromatic rings. The van der Waals surface area contributed by atoms with Crippen LogP contribution in [-0.4, -0.2) is 21.7 Å². The van der Waals surface area contributed by atoms with E-state index in [1.54, 1.807) is 11.6 Å². The van der Waals surface area contributed by atoms with Crippen LogP contribution in [0, 0.1) is 3.57 Å². The topological polar surface area (TPSA) is 39.4 Å². The van der Waals surface area contributed by atoms with E-state index in [0.717, 1.165) is 3.57 Å². The van der Waals surface area contributed by atoms with Gasteiger partial charge >= 0.3 is 0 Å². The Labute approximate surface area is 99.4 Å². The molecular weight excluding hydrogens is 316 g/mol. The van der Waals surface area contributed by atoms with Crippen LogP contribution in [0.2, 0.25) is 5.02 Å². The van der Waals surface area contributed by atoms with Crippen molar-refractivity contribution >= 4 is 39.8 Å². The SMILES string of the molecule is COCc1nc2c(Cl)c(I)ccn2n1. The predicted octanol–water partition coefficient (Wildman–Crippen LogP) is 2.13. The zero-order chi connectivity index (χ0) is 10.1. The number of halogens is 2. The minimum atomic E-state index is 0.397. The number of hydrogen-bond acceptors (Lipinski definition) is 3. The Hall–Kier alpha value is -0.400. The maximum atomic E-state index is 6.07. The molecule has 2 aromatic heterocycles. The fraction of sp³-hybridized carbons (Fsp3) is 0.250. The van der Waals surface area contributed by atoms with Gasteiger partial charge in [-0.3, -0.25) is 0 Å². The average molecular weight is 324 g/mol. The monoisotopic (exact) mass is 323 g/mol. The molecule has 0 amide bonds. The van der Waals surface area contributed by atoms with Gasteiger partial charge < -0.3 is 4.74 Å².